The highest BCUT2D eigenvalue weighted by Gasteiger charge is 2.32. The molecule has 2 aliphatic rings. The average Bonchev–Trinajstić information content (AvgIpc) is 3.30. The van der Waals surface area contributed by atoms with Crippen molar-refractivity contribution in [2.75, 3.05) is 13.6 Å². The number of alkyl halides is 3. The van der Waals surface area contributed by atoms with Crippen LogP contribution < -0.4 is 14.8 Å². The van der Waals surface area contributed by atoms with Crippen LogP contribution in [0.15, 0.2) is 47.6 Å². The predicted molar refractivity (Wildman–Crippen MR) is 103 cm³/mol. The third-order valence-corrected chi connectivity index (χ3v) is 6.42. The van der Waals surface area contributed by atoms with Crippen LogP contribution in [-0.4, -0.2) is 38.1 Å². The molecule has 1 fully saturated rings. The van der Waals surface area contributed by atoms with Gasteiger partial charge in [0.15, 0.2) is 0 Å². The Morgan fingerprint density at radius 2 is 2.07 bits per heavy atom. The van der Waals surface area contributed by atoms with E-state index in [4.69, 9.17) is 4.74 Å². The molecule has 30 heavy (non-hydrogen) atoms. The minimum absolute atomic E-state index is 0.0347. The van der Waals surface area contributed by atoms with Crippen LogP contribution in [-0.2, 0) is 16.2 Å². The van der Waals surface area contributed by atoms with Gasteiger partial charge >= 0.3 is 6.18 Å². The minimum atomic E-state index is -4.50. The highest BCUT2D eigenvalue weighted by atomic mass is 32.2. The molecule has 7 nitrogen and oxygen atoms in total. The molecule has 0 bridgehead atoms. The van der Waals surface area contributed by atoms with Gasteiger partial charge in [-0.15, -0.1) is 0 Å². The van der Waals surface area contributed by atoms with Gasteiger partial charge in [0.2, 0.25) is 15.9 Å². The second-order valence-corrected chi connectivity index (χ2v) is 8.82. The molecule has 1 saturated heterocycles. The summed E-state index contributed by atoms with van der Waals surface area (Å²) >= 11 is 0. The number of sulfonamides is 1. The van der Waals surface area contributed by atoms with Crippen molar-refractivity contribution in [2.24, 2.45) is 0 Å². The topological polar surface area (TPSA) is 83.6 Å². The van der Waals surface area contributed by atoms with Crippen molar-refractivity contribution in [3.05, 3.63) is 53.9 Å². The monoisotopic (exact) mass is 440 g/mol. The Bertz CT molecular complexity index is 1090. The minimum Gasteiger partial charge on any atom is -0.438 e. The SMILES string of the molecule is CNS(=O)(=O)c1ccc(Oc2ccc(C(F)(F)F)cn2)c(C2=CN3CCCC3N2)c1. The van der Waals surface area contributed by atoms with E-state index in [1.54, 1.807) is 0 Å². The number of halogens is 3. The van der Waals surface area contributed by atoms with E-state index in [0.717, 1.165) is 31.5 Å². The summed E-state index contributed by atoms with van der Waals surface area (Å²) in [4.78, 5) is 5.89. The van der Waals surface area contributed by atoms with Crippen molar-refractivity contribution in [3.8, 4) is 11.6 Å². The van der Waals surface area contributed by atoms with Gasteiger partial charge < -0.3 is 15.0 Å². The van der Waals surface area contributed by atoms with E-state index >= 15 is 0 Å². The maximum Gasteiger partial charge on any atom is 0.417 e. The summed E-state index contributed by atoms with van der Waals surface area (Å²) in [5.41, 5.74) is 0.267. The van der Waals surface area contributed by atoms with E-state index in [9.17, 15) is 21.6 Å². The highest BCUT2D eigenvalue weighted by molar-refractivity contribution is 7.89. The summed E-state index contributed by atoms with van der Waals surface area (Å²) in [5.74, 6) is 0.241. The van der Waals surface area contributed by atoms with Crippen molar-refractivity contribution >= 4 is 15.7 Å². The van der Waals surface area contributed by atoms with Gasteiger partial charge in [-0.05, 0) is 44.2 Å². The predicted octanol–water partition coefficient (Wildman–Crippen LogP) is 3.12. The van der Waals surface area contributed by atoms with Crippen LogP contribution in [0.4, 0.5) is 13.2 Å². The van der Waals surface area contributed by atoms with Crippen molar-refractivity contribution < 1.29 is 26.3 Å². The van der Waals surface area contributed by atoms with Gasteiger partial charge in [0, 0.05) is 30.6 Å². The van der Waals surface area contributed by atoms with Gasteiger partial charge in [0.1, 0.15) is 5.75 Å². The standard InChI is InChI=1S/C19H19F3N4O3S/c1-23-30(27,28)13-5-6-16(29-18-7-4-12(10-24-18)19(20,21)22)14(9-13)15-11-26-8-2-3-17(26)25-15/h4-7,9-11,17,23,25H,2-3,8H2,1H3. The average molecular weight is 440 g/mol. The maximum atomic E-state index is 12.8. The Morgan fingerprint density at radius 1 is 1.27 bits per heavy atom. The summed E-state index contributed by atoms with van der Waals surface area (Å²) in [6.45, 7) is 0.881. The number of nitrogens with one attached hydrogen (secondary N) is 2. The van der Waals surface area contributed by atoms with E-state index in [0.29, 0.717) is 17.5 Å². The molecule has 0 aliphatic carbocycles. The molecule has 1 unspecified atom stereocenters. The molecular weight excluding hydrogens is 421 g/mol. The summed E-state index contributed by atoms with van der Waals surface area (Å²) in [6, 6.07) is 6.30. The van der Waals surface area contributed by atoms with Crippen LogP contribution in [0.1, 0.15) is 24.0 Å². The zero-order valence-electron chi connectivity index (χ0n) is 15.9. The van der Waals surface area contributed by atoms with E-state index in [2.05, 4.69) is 19.9 Å². The molecular formula is C19H19F3N4O3S. The first-order valence-corrected chi connectivity index (χ1v) is 10.7. The lowest BCUT2D eigenvalue weighted by atomic mass is 10.1. The van der Waals surface area contributed by atoms with E-state index in [1.165, 1.54) is 25.2 Å². The lowest BCUT2D eigenvalue weighted by Crippen LogP contribution is -2.29. The molecule has 1 aromatic heterocycles. The Hall–Kier alpha value is -2.79. The number of aromatic nitrogens is 1. The molecule has 160 valence electrons. The van der Waals surface area contributed by atoms with Crippen molar-refractivity contribution in [1.82, 2.24) is 19.9 Å². The van der Waals surface area contributed by atoms with Crippen LogP contribution >= 0.6 is 0 Å². The Balaban J connectivity index is 1.70. The molecule has 4 rings (SSSR count). The second kappa shape index (κ2) is 7.47. The van der Waals surface area contributed by atoms with Gasteiger partial charge in [0.25, 0.3) is 0 Å². The number of pyridine rings is 1. The van der Waals surface area contributed by atoms with Crippen molar-refractivity contribution in [2.45, 2.75) is 30.1 Å². The van der Waals surface area contributed by atoms with Gasteiger partial charge in [-0.2, -0.15) is 13.2 Å². The largest absolute Gasteiger partial charge is 0.438 e. The summed E-state index contributed by atoms with van der Waals surface area (Å²) < 4.78 is 70.7. The van der Waals surface area contributed by atoms with Crippen LogP contribution in [0, 0.1) is 0 Å². The van der Waals surface area contributed by atoms with Crippen molar-refractivity contribution in [3.63, 3.8) is 0 Å². The number of benzene rings is 1. The van der Waals surface area contributed by atoms with Crippen LogP contribution in [0.2, 0.25) is 0 Å². The molecule has 1 atom stereocenters. The molecule has 0 saturated carbocycles. The molecule has 2 N–H and O–H groups in total. The van der Waals surface area contributed by atoms with Crippen LogP contribution in [0.5, 0.6) is 11.6 Å². The number of rotatable bonds is 5. The van der Waals surface area contributed by atoms with E-state index in [-0.39, 0.29) is 22.7 Å². The summed E-state index contributed by atoms with van der Waals surface area (Å²) in [7, 11) is -2.38. The maximum absolute atomic E-state index is 12.8. The number of hydrogen-bond acceptors (Lipinski definition) is 6. The quantitative estimate of drug-likeness (QED) is 0.744. The first kappa shape index (κ1) is 20.5. The normalized spacial score (nSPS) is 18.7. The van der Waals surface area contributed by atoms with E-state index in [1.807, 2.05) is 6.20 Å². The zero-order chi connectivity index (χ0) is 21.5. The Labute approximate surface area is 171 Å². The lowest BCUT2D eigenvalue weighted by molar-refractivity contribution is -0.137. The Morgan fingerprint density at radius 3 is 2.70 bits per heavy atom. The van der Waals surface area contributed by atoms with E-state index < -0.39 is 21.8 Å². The van der Waals surface area contributed by atoms with Gasteiger partial charge in [-0.25, -0.2) is 18.1 Å². The van der Waals surface area contributed by atoms with Gasteiger partial charge in [-0.1, -0.05) is 0 Å². The molecule has 0 radical (unpaired) electrons. The second-order valence-electron chi connectivity index (χ2n) is 6.93. The number of fused-ring (bicyclic) bond motifs is 1. The van der Waals surface area contributed by atoms with Crippen molar-refractivity contribution in [1.29, 1.82) is 0 Å². The molecule has 0 spiro atoms. The number of hydrogen-bond donors (Lipinski definition) is 2. The van der Waals surface area contributed by atoms with Crippen LogP contribution in [0.25, 0.3) is 5.70 Å². The van der Waals surface area contributed by atoms with Gasteiger partial charge in [-0.3, -0.25) is 0 Å². The fraction of sp³-hybridized carbons (Fsp3) is 0.316. The molecule has 0 amide bonds. The number of nitrogens with zero attached hydrogens (tertiary/aromatic N) is 2. The fourth-order valence-corrected chi connectivity index (χ4v) is 4.20. The van der Waals surface area contributed by atoms with Crippen LogP contribution in [0.3, 0.4) is 0 Å². The highest BCUT2D eigenvalue weighted by Crippen LogP contribution is 2.36. The number of ether oxygens (including phenoxy) is 1. The third-order valence-electron chi connectivity index (χ3n) is 5.01. The molecule has 3 heterocycles. The Kier molecular flexibility index (Phi) is 5.10. The zero-order valence-corrected chi connectivity index (χ0v) is 16.7. The smallest absolute Gasteiger partial charge is 0.417 e. The molecule has 1 aromatic carbocycles. The first-order chi connectivity index (χ1) is 14.2. The molecule has 2 aliphatic heterocycles. The fourth-order valence-electron chi connectivity index (χ4n) is 3.44. The first-order valence-electron chi connectivity index (χ1n) is 9.20. The third kappa shape index (κ3) is 3.94. The summed E-state index contributed by atoms with van der Waals surface area (Å²) in [5, 5.41) is 3.34. The van der Waals surface area contributed by atoms with Gasteiger partial charge in [0.05, 0.1) is 22.3 Å². The molecule has 2 aromatic rings. The molecule has 11 heteroatoms. The lowest BCUT2D eigenvalue weighted by Gasteiger charge is -2.16. The summed E-state index contributed by atoms with van der Waals surface area (Å²) in [6.07, 6.45) is 0.222.